The summed E-state index contributed by atoms with van der Waals surface area (Å²) in [5.41, 5.74) is 4.64. The summed E-state index contributed by atoms with van der Waals surface area (Å²) in [4.78, 5) is 12.4. The lowest BCUT2D eigenvalue weighted by Gasteiger charge is -2.09. The number of benzene rings is 2. The van der Waals surface area contributed by atoms with Crippen LogP contribution < -0.4 is 4.57 Å². The van der Waals surface area contributed by atoms with E-state index in [0.717, 1.165) is 22.4 Å². The molecule has 0 fully saturated rings. The fraction of sp³-hybridized carbons (Fsp3) is 0.143. The predicted molar refractivity (Wildman–Crippen MR) is 105 cm³/mol. The van der Waals surface area contributed by atoms with Crippen LogP contribution in [0.25, 0.3) is 22.4 Å². The molecular formula is C21H20BF4NO2. The molecule has 1 heterocycles. The lowest BCUT2D eigenvalue weighted by molar-refractivity contribution is -0.663. The van der Waals surface area contributed by atoms with Gasteiger partial charge in [0.2, 0.25) is 5.69 Å². The molecule has 0 bridgehead atoms. The topological polar surface area (TPSA) is 30.2 Å². The highest BCUT2D eigenvalue weighted by atomic mass is 19.5. The molecule has 29 heavy (non-hydrogen) atoms. The van der Waals surface area contributed by atoms with Crippen molar-refractivity contribution in [3.63, 3.8) is 0 Å². The van der Waals surface area contributed by atoms with Crippen molar-refractivity contribution in [2.45, 2.75) is 6.92 Å². The van der Waals surface area contributed by atoms with E-state index in [1.165, 1.54) is 0 Å². The van der Waals surface area contributed by atoms with E-state index >= 15 is 0 Å². The third-order valence-corrected chi connectivity index (χ3v) is 3.97. The second-order valence-corrected chi connectivity index (χ2v) is 6.02. The minimum absolute atomic E-state index is 0.310. The van der Waals surface area contributed by atoms with Crippen LogP contribution in [-0.4, -0.2) is 19.8 Å². The molecule has 0 spiro atoms. The summed E-state index contributed by atoms with van der Waals surface area (Å²) in [5.74, 6) is -0.310. The van der Waals surface area contributed by atoms with Gasteiger partial charge in [-0.05, 0) is 30.2 Å². The van der Waals surface area contributed by atoms with Crippen molar-refractivity contribution in [2.75, 3.05) is 6.61 Å². The van der Waals surface area contributed by atoms with Crippen molar-refractivity contribution < 1.29 is 31.4 Å². The Labute approximate surface area is 166 Å². The molecule has 3 nitrogen and oxygen atoms in total. The van der Waals surface area contributed by atoms with E-state index in [4.69, 9.17) is 4.74 Å². The molecule has 3 rings (SSSR count). The third-order valence-electron chi connectivity index (χ3n) is 3.97. The second-order valence-electron chi connectivity index (χ2n) is 6.02. The number of carbonyl (C=O) groups is 1. The maximum atomic E-state index is 12.4. The summed E-state index contributed by atoms with van der Waals surface area (Å²) in [6.07, 6.45) is 0. The molecule has 2 aromatic carbocycles. The number of rotatable bonds is 4. The highest BCUT2D eigenvalue weighted by molar-refractivity contribution is 6.50. The van der Waals surface area contributed by atoms with Gasteiger partial charge < -0.3 is 22.0 Å². The third kappa shape index (κ3) is 6.74. The average Bonchev–Trinajstić information content (AvgIpc) is 2.68. The Hall–Kier alpha value is -3.16. The zero-order valence-electron chi connectivity index (χ0n) is 16.0. The molecule has 0 atom stereocenters. The van der Waals surface area contributed by atoms with Gasteiger partial charge in [0.15, 0.2) is 0 Å². The van der Waals surface area contributed by atoms with E-state index in [-0.39, 0.29) is 5.97 Å². The van der Waals surface area contributed by atoms with Crippen LogP contribution >= 0.6 is 0 Å². The van der Waals surface area contributed by atoms with Crippen LogP contribution in [-0.2, 0) is 11.8 Å². The Morgan fingerprint density at radius 2 is 1.34 bits per heavy atom. The molecule has 0 saturated heterocycles. The number of hydrogen-bond donors (Lipinski definition) is 0. The molecule has 0 radical (unpaired) electrons. The van der Waals surface area contributed by atoms with Crippen LogP contribution in [0.15, 0.2) is 72.8 Å². The largest absolute Gasteiger partial charge is 0.673 e. The second kappa shape index (κ2) is 9.86. The fourth-order valence-corrected chi connectivity index (χ4v) is 2.74. The van der Waals surface area contributed by atoms with Crippen LogP contribution in [0.3, 0.4) is 0 Å². The highest BCUT2D eigenvalue weighted by Crippen LogP contribution is 2.25. The van der Waals surface area contributed by atoms with Crippen molar-refractivity contribution in [3.05, 3.63) is 78.5 Å². The van der Waals surface area contributed by atoms with Crippen molar-refractivity contribution in [1.82, 2.24) is 0 Å². The first-order valence-corrected chi connectivity index (χ1v) is 8.90. The smallest absolute Gasteiger partial charge is 0.458 e. The van der Waals surface area contributed by atoms with Crippen molar-refractivity contribution in [1.29, 1.82) is 0 Å². The summed E-state index contributed by atoms with van der Waals surface area (Å²) >= 11 is 0. The molecule has 1 aromatic heterocycles. The number of carbonyl (C=O) groups excluding carboxylic acids is 1. The molecule has 3 aromatic rings. The monoisotopic (exact) mass is 405 g/mol. The van der Waals surface area contributed by atoms with Crippen LogP contribution in [0.2, 0.25) is 0 Å². The van der Waals surface area contributed by atoms with Crippen LogP contribution in [0.5, 0.6) is 0 Å². The summed E-state index contributed by atoms with van der Waals surface area (Å²) < 4.78 is 46.1. The van der Waals surface area contributed by atoms with Gasteiger partial charge in [0.25, 0.3) is 5.69 Å². The Bertz CT molecular complexity index is 942. The number of esters is 1. The van der Waals surface area contributed by atoms with Gasteiger partial charge in [-0.15, -0.1) is 0 Å². The van der Waals surface area contributed by atoms with E-state index in [0.29, 0.717) is 12.3 Å². The first-order valence-electron chi connectivity index (χ1n) is 8.90. The molecule has 0 aliphatic carbocycles. The quantitative estimate of drug-likeness (QED) is 0.255. The predicted octanol–water partition coefficient (Wildman–Crippen LogP) is 5.32. The number of pyridine rings is 1. The number of ether oxygens (including phenoxy) is 1. The van der Waals surface area contributed by atoms with E-state index < -0.39 is 7.25 Å². The molecule has 0 unspecified atom stereocenters. The maximum absolute atomic E-state index is 12.4. The van der Waals surface area contributed by atoms with Crippen LogP contribution in [0, 0.1) is 0 Å². The summed E-state index contributed by atoms with van der Waals surface area (Å²) in [6, 6.07) is 24.1. The fourth-order valence-electron chi connectivity index (χ4n) is 2.74. The lowest BCUT2D eigenvalue weighted by Crippen LogP contribution is -2.39. The molecule has 0 N–H and O–H groups in total. The number of nitrogens with zero attached hydrogens (tertiary/aromatic N) is 1. The van der Waals surface area contributed by atoms with Crippen molar-refractivity contribution in [3.8, 4) is 22.4 Å². The maximum Gasteiger partial charge on any atom is 0.673 e. The molecular weight excluding hydrogens is 385 g/mol. The zero-order chi connectivity index (χ0) is 21.4. The van der Waals surface area contributed by atoms with Gasteiger partial charge in [-0.2, -0.15) is 4.57 Å². The summed E-state index contributed by atoms with van der Waals surface area (Å²) in [5, 5.41) is 0. The number of aromatic nitrogens is 1. The molecule has 0 saturated carbocycles. The van der Waals surface area contributed by atoms with Gasteiger partial charge in [0, 0.05) is 17.7 Å². The molecule has 8 heteroatoms. The van der Waals surface area contributed by atoms with Crippen molar-refractivity contribution in [2.24, 2.45) is 7.05 Å². The molecule has 0 aliphatic rings. The lowest BCUT2D eigenvalue weighted by atomic mass is 10.0. The zero-order valence-corrected chi connectivity index (χ0v) is 16.0. The van der Waals surface area contributed by atoms with Gasteiger partial charge >= 0.3 is 13.2 Å². The Kier molecular flexibility index (Phi) is 7.53. The molecule has 0 aliphatic heterocycles. The summed E-state index contributed by atoms with van der Waals surface area (Å²) in [6.45, 7) is 2.17. The Morgan fingerprint density at radius 3 is 1.83 bits per heavy atom. The van der Waals surface area contributed by atoms with Gasteiger partial charge in [-0.25, -0.2) is 4.79 Å². The van der Waals surface area contributed by atoms with Crippen LogP contribution in [0.1, 0.15) is 17.4 Å². The first kappa shape index (κ1) is 22.1. The number of hydrogen-bond acceptors (Lipinski definition) is 2. The van der Waals surface area contributed by atoms with E-state index in [1.807, 2.05) is 85.3 Å². The molecule has 0 amide bonds. The van der Waals surface area contributed by atoms with Gasteiger partial charge in [0.1, 0.15) is 7.05 Å². The SMILES string of the molecule is CCOC(=O)c1cc(-c2ccccc2)cc(-c2ccccc2)[n+]1C.F[B-](F)(F)F. The minimum Gasteiger partial charge on any atom is -0.458 e. The average molecular weight is 405 g/mol. The first-order chi connectivity index (χ1) is 13.7. The van der Waals surface area contributed by atoms with E-state index in [9.17, 15) is 22.1 Å². The molecule has 152 valence electrons. The van der Waals surface area contributed by atoms with Gasteiger partial charge in [-0.1, -0.05) is 48.5 Å². The van der Waals surface area contributed by atoms with E-state index in [1.54, 1.807) is 0 Å². The van der Waals surface area contributed by atoms with Crippen molar-refractivity contribution >= 4 is 13.2 Å². The summed E-state index contributed by atoms with van der Waals surface area (Å²) in [7, 11) is -4.11. The van der Waals surface area contributed by atoms with Gasteiger partial charge in [0.05, 0.1) is 6.61 Å². The van der Waals surface area contributed by atoms with Gasteiger partial charge in [-0.3, -0.25) is 0 Å². The van der Waals surface area contributed by atoms with E-state index in [2.05, 4.69) is 6.07 Å². The standard InChI is InChI=1S/C21H20NO2.BF4/c1-3-24-21(23)20-15-18(16-10-6-4-7-11-16)14-19(22(20)2)17-12-8-5-9-13-17;2-1(3,4)5/h4-15H,3H2,1-2H3;/q+1;-1. The minimum atomic E-state index is -6.00. The Morgan fingerprint density at radius 1 is 0.862 bits per heavy atom. The number of halogens is 4. The Balaban J connectivity index is 0.000000537. The highest BCUT2D eigenvalue weighted by Gasteiger charge is 2.24. The normalized spacial score (nSPS) is 10.7. The van der Waals surface area contributed by atoms with Crippen LogP contribution in [0.4, 0.5) is 17.3 Å².